The minimum absolute atomic E-state index is 0.0141. The lowest BCUT2D eigenvalue weighted by atomic mass is 10.2. The summed E-state index contributed by atoms with van der Waals surface area (Å²) in [5, 5.41) is 0. The highest BCUT2D eigenvalue weighted by molar-refractivity contribution is 7.90. The van der Waals surface area contributed by atoms with E-state index in [1.807, 2.05) is 27.7 Å². The molecule has 0 aromatic heterocycles. The SMILES string of the molecule is CC(OC(=O)CN1C(=O)c2ccccc2S1(=O)=O)C(=O)N(C(C)C)C(C)C. The third-order valence-corrected chi connectivity index (χ3v) is 5.99. The van der Waals surface area contributed by atoms with Gasteiger partial charge in [-0.2, -0.15) is 0 Å². The molecule has 0 spiro atoms. The van der Waals surface area contributed by atoms with E-state index >= 15 is 0 Å². The number of hydrogen-bond acceptors (Lipinski definition) is 6. The largest absolute Gasteiger partial charge is 0.451 e. The lowest BCUT2D eigenvalue weighted by molar-refractivity contribution is -0.160. The zero-order valence-corrected chi connectivity index (χ0v) is 16.8. The summed E-state index contributed by atoms with van der Waals surface area (Å²) in [6.07, 6.45) is -1.09. The van der Waals surface area contributed by atoms with Gasteiger partial charge in [0.25, 0.3) is 21.8 Å². The highest BCUT2D eigenvalue weighted by Gasteiger charge is 2.42. The minimum Gasteiger partial charge on any atom is -0.451 e. The van der Waals surface area contributed by atoms with Crippen LogP contribution < -0.4 is 0 Å². The predicted octanol–water partition coefficient (Wildman–Crippen LogP) is 1.41. The number of carbonyl (C=O) groups is 3. The van der Waals surface area contributed by atoms with Crippen LogP contribution in [0, 0.1) is 0 Å². The molecule has 0 bridgehead atoms. The second kappa shape index (κ2) is 7.67. The maximum Gasteiger partial charge on any atom is 0.327 e. The van der Waals surface area contributed by atoms with Crippen molar-refractivity contribution in [1.82, 2.24) is 9.21 Å². The first-order valence-corrected chi connectivity index (χ1v) is 10.1. The summed E-state index contributed by atoms with van der Waals surface area (Å²) in [6, 6.07) is 5.56. The van der Waals surface area contributed by atoms with Crippen LogP contribution in [0.1, 0.15) is 45.0 Å². The molecule has 1 atom stereocenters. The van der Waals surface area contributed by atoms with Crippen molar-refractivity contribution in [3.63, 3.8) is 0 Å². The molecule has 2 rings (SSSR count). The van der Waals surface area contributed by atoms with Crippen LogP contribution in [-0.2, 0) is 24.3 Å². The smallest absolute Gasteiger partial charge is 0.327 e. The van der Waals surface area contributed by atoms with E-state index in [1.165, 1.54) is 25.1 Å². The first-order chi connectivity index (χ1) is 12.5. The Morgan fingerprint density at radius 2 is 1.63 bits per heavy atom. The normalized spacial score (nSPS) is 16.4. The van der Waals surface area contributed by atoms with Crippen molar-refractivity contribution in [1.29, 1.82) is 0 Å². The summed E-state index contributed by atoms with van der Waals surface area (Å²) in [5.74, 6) is -2.13. The van der Waals surface area contributed by atoms with E-state index in [4.69, 9.17) is 4.74 Å². The van der Waals surface area contributed by atoms with Crippen LogP contribution in [-0.4, -0.2) is 60.1 Å². The van der Waals surface area contributed by atoms with E-state index in [1.54, 1.807) is 11.0 Å². The van der Waals surface area contributed by atoms with Gasteiger partial charge in [-0.3, -0.25) is 14.4 Å². The molecule has 0 N–H and O–H groups in total. The van der Waals surface area contributed by atoms with Crippen molar-refractivity contribution in [2.24, 2.45) is 0 Å². The highest BCUT2D eigenvalue weighted by atomic mass is 32.2. The molecule has 1 aliphatic rings. The maximum atomic E-state index is 12.5. The average Bonchev–Trinajstić information content (AvgIpc) is 2.75. The number of fused-ring (bicyclic) bond motifs is 1. The fraction of sp³-hybridized carbons (Fsp3) is 0.500. The topological polar surface area (TPSA) is 101 Å². The minimum atomic E-state index is -4.10. The Bertz CT molecular complexity index is 854. The van der Waals surface area contributed by atoms with Gasteiger partial charge in [0, 0.05) is 12.1 Å². The van der Waals surface area contributed by atoms with Crippen molar-refractivity contribution >= 4 is 27.8 Å². The van der Waals surface area contributed by atoms with Crippen LogP contribution in [0.3, 0.4) is 0 Å². The average molecular weight is 396 g/mol. The Balaban J connectivity index is 2.10. The van der Waals surface area contributed by atoms with Crippen LogP contribution in [0.25, 0.3) is 0 Å². The van der Waals surface area contributed by atoms with E-state index in [2.05, 4.69) is 0 Å². The summed E-state index contributed by atoms with van der Waals surface area (Å²) in [6.45, 7) is 8.03. The Morgan fingerprint density at radius 3 is 2.15 bits per heavy atom. The Hall–Kier alpha value is -2.42. The molecule has 0 fully saturated rings. The van der Waals surface area contributed by atoms with Crippen LogP contribution in [0.5, 0.6) is 0 Å². The van der Waals surface area contributed by atoms with Crippen molar-refractivity contribution in [2.45, 2.75) is 57.7 Å². The fourth-order valence-electron chi connectivity index (χ4n) is 3.10. The summed E-state index contributed by atoms with van der Waals surface area (Å²) in [5.41, 5.74) is 0.0141. The van der Waals surface area contributed by atoms with E-state index in [0.717, 1.165) is 0 Å². The fourth-order valence-corrected chi connectivity index (χ4v) is 4.62. The number of benzene rings is 1. The maximum absolute atomic E-state index is 12.5. The molecule has 1 aromatic rings. The Morgan fingerprint density at radius 1 is 1.07 bits per heavy atom. The van der Waals surface area contributed by atoms with Gasteiger partial charge in [-0.15, -0.1) is 0 Å². The number of nitrogens with zero attached hydrogens (tertiary/aromatic N) is 2. The molecule has 8 nitrogen and oxygen atoms in total. The van der Waals surface area contributed by atoms with Crippen LogP contribution in [0.2, 0.25) is 0 Å². The number of esters is 1. The number of sulfonamides is 1. The quantitative estimate of drug-likeness (QED) is 0.674. The molecule has 2 amide bonds. The van der Waals surface area contributed by atoms with Gasteiger partial charge in [-0.05, 0) is 46.8 Å². The molecule has 0 saturated heterocycles. The van der Waals surface area contributed by atoms with E-state index in [9.17, 15) is 22.8 Å². The number of hydrogen-bond donors (Lipinski definition) is 0. The molecule has 1 aliphatic heterocycles. The second-order valence-electron chi connectivity index (χ2n) is 6.88. The molecule has 0 radical (unpaired) electrons. The van der Waals surface area contributed by atoms with Gasteiger partial charge < -0.3 is 9.64 Å². The number of ether oxygens (including phenoxy) is 1. The summed E-state index contributed by atoms with van der Waals surface area (Å²) in [4.78, 5) is 38.5. The van der Waals surface area contributed by atoms with Crippen LogP contribution >= 0.6 is 0 Å². The van der Waals surface area contributed by atoms with Gasteiger partial charge in [0.15, 0.2) is 6.10 Å². The van der Waals surface area contributed by atoms with E-state index in [-0.39, 0.29) is 28.4 Å². The van der Waals surface area contributed by atoms with Crippen LogP contribution in [0.4, 0.5) is 0 Å². The van der Waals surface area contributed by atoms with Gasteiger partial charge >= 0.3 is 5.97 Å². The molecular formula is C18H24N2O6S. The van der Waals surface area contributed by atoms with E-state index in [0.29, 0.717) is 4.31 Å². The van der Waals surface area contributed by atoms with Crippen molar-refractivity contribution in [2.75, 3.05) is 6.54 Å². The second-order valence-corrected chi connectivity index (χ2v) is 8.71. The molecular weight excluding hydrogens is 372 g/mol. The van der Waals surface area contributed by atoms with Crippen molar-refractivity contribution < 1.29 is 27.5 Å². The summed E-state index contributed by atoms with van der Waals surface area (Å²) in [7, 11) is -4.10. The van der Waals surface area contributed by atoms with Gasteiger partial charge in [0.05, 0.1) is 5.56 Å². The number of amides is 2. The monoisotopic (exact) mass is 396 g/mol. The number of carbonyl (C=O) groups excluding carboxylic acids is 3. The Kier molecular flexibility index (Phi) is 5.94. The van der Waals surface area contributed by atoms with Crippen molar-refractivity contribution in [3.05, 3.63) is 29.8 Å². The molecule has 27 heavy (non-hydrogen) atoms. The zero-order valence-electron chi connectivity index (χ0n) is 16.0. The molecule has 9 heteroatoms. The summed E-state index contributed by atoms with van der Waals surface area (Å²) >= 11 is 0. The standard InChI is InChI=1S/C18H24N2O6S/c1-11(2)20(12(3)4)17(22)13(5)26-16(21)10-19-18(23)14-8-6-7-9-15(14)27(19,24)25/h6-9,11-13H,10H2,1-5H3. The molecule has 0 saturated carbocycles. The van der Waals surface area contributed by atoms with Gasteiger partial charge in [0.1, 0.15) is 11.4 Å². The third kappa shape index (κ3) is 3.97. The predicted molar refractivity (Wildman–Crippen MR) is 97.3 cm³/mol. The van der Waals surface area contributed by atoms with Gasteiger partial charge in [-0.25, -0.2) is 12.7 Å². The van der Waals surface area contributed by atoms with Crippen molar-refractivity contribution in [3.8, 4) is 0 Å². The first-order valence-electron chi connectivity index (χ1n) is 8.66. The first kappa shape index (κ1) is 20.9. The van der Waals surface area contributed by atoms with E-state index < -0.39 is 34.5 Å². The van der Waals surface area contributed by atoms with Crippen LogP contribution in [0.15, 0.2) is 29.2 Å². The summed E-state index contributed by atoms with van der Waals surface area (Å²) < 4.78 is 30.5. The van der Waals surface area contributed by atoms with Gasteiger partial charge in [0.2, 0.25) is 0 Å². The molecule has 0 aliphatic carbocycles. The highest BCUT2D eigenvalue weighted by Crippen LogP contribution is 2.29. The molecule has 1 aromatic carbocycles. The van der Waals surface area contributed by atoms with Gasteiger partial charge in [-0.1, -0.05) is 12.1 Å². The number of rotatable bonds is 6. The molecule has 148 valence electrons. The lowest BCUT2D eigenvalue weighted by Gasteiger charge is -2.32. The zero-order chi connectivity index (χ0) is 20.5. The third-order valence-electron chi connectivity index (χ3n) is 4.21. The lowest BCUT2D eigenvalue weighted by Crippen LogP contribution is -2.48. The molecule has 1 unspecified atom stereocenters. The molecule has 1 heterocycles. The Labute approximate surface area is 159 Å².